The number of likely N-dealkylation sites (N-methyl/N-ethyl adjacent to an activating group) is 1. The van der Waals surface area contributed by atoms with Crippen molar-refractivity contribution in [2.24, 2.45) is 0 Å². The number of piperazine rings is 1. The lowest BCUT2D eigenvalue weighted by molar-refractivity contribution is 0.0960. The van der Waals surface area contributed by atoms with E-state index in [-0.39, 0.29) is 0 Å². The van der Waals surface area contributed by atoms with Crippen LogP contribution in [0.3, 0.4) is 0 Å². The first-order valence-electron chi connectivity index (χ1n) is 7.45. The zero-order valence-electron chi connectivity index (χ0n) is 12.1. The molecule has 2 atom stereocenters. The van der Waals surface area contributed by atoms with Crippen molar-refractivity contribution in [3.63, 3.8) is 0 Å². The van der Waals surface area contributed by atoms with Gasteiger partial charge in [0.1, 0.15) is 0 Å². The first-order chi connectivity index (χ1) is 9.22. The molecule has 0 radical (unpaired) electrons. The van der Waals surface area contributed by atoms with Gasteiger partial charge in [0.25, 0.3) is 0 Å². The third-order valence-electron chi connectivity index (χ3n) is 4.69. The van der Waals surface area contributed by atoms with E-state index in [1.807, 2.05) is 0 Å². The predicted octanol–water partition coefficient (Wildman–Crippen LogP) is 1.34. The van der Waals surface area contributed by atoms with Crippen molar-refractivity contribution in [3.05, 3.63) is 35.4 Å². The van der Waals surface area contributed by atoms with Gasteiger partial charge in [-0.2, -0.15) is 0 Å². The fraction of sp³-hybridized carbons (Fsp3) is 0.625. The van der Waals surface area contributed by atoms with Gasteiger partial charge >= 0.3 is 0 Å². The quantitative estimate of drug-likeness (QED) is 0.864. The molecule has 3 nitrogen and oxygen atoms in total. The minimum atomic E-state index is 0.616. The molecule has 0 saturated carbocycles. The van der Waals surface area contributed by atoms with Crippen LogP contribution in [0.25, 0.3) is 0 Å². The van der Waals surface area contributed by atoms with Gasteiger partial charge in [-0.15, -0.1) is 0 Å². The van der Waals surface area contributed by atoms with Gasteiger partial charge in [-0.05, 0) is 31.5 Å². The number of hydrogen-bond donors (Lipinski definition) is 1. The molecule has 2 unspecified atom stereocenters. The summed E-state index contributed by atoms with van der Waals surface area (Å²) in [6, 6.07) is 10.1. The van der Waals surface area contributed by atoms with E-state index in [1.165, 1.54) is 43.7 Å². The Morgan fingerprint density at radius 3 is 2.79 bits per heavy atom. The highest BCUT2D eigenvalue weighted by molar-refractivity contribution is 5.29. The molecular formula is C16H25N3. The van der Waals surface area contributed by atoms with Crippen LogP contribution in [-0.2, 0) is 13.0 Å². The first-order valence-corrected chi connectivity index (χ1v) is 7.45. The molecule has 1 fully saturated rings. The molecule has 2 heterocycles. The predicted molar refractivity (Wildman–Crippen MR) is 79.3 cm³/mol. The Bertz CT molecular complexity index is 432. The average Bonchev–Trinajstić information content (AvgIpc) is 2.43. The Morgan fingerprint density at radius 2 is 2.00 bits per heavy atom. The van der Waals surface area contributed by atoms with Crippen LogP contribution in [0.5, 0.6) is 0 Å². The molecule has 2 aliphatic rings. The van der Waals surface area contributed by atoms with Crippen LogP contribution >= 0.6 is 0 Å². The van der Waals surface area contributed by atoms with Crippen LogP contribution in [0.1, 0.15) is 18.1 Å². The molecule has 1 aromatic rings. The second-order valence-corrected chi connectivity index (χ2v) is 6.14. The highest BCUT2D eigenvalue weighted by Crippen LogP contribution is 2.17. The number of rotatable bonds is 2. The van der Waals surface area contributed by atoms with Crippen molar-refractivity contribution < 1.29 is 0 Å². The number of nitrogens with one attached hydrogen (secondary N) is 1. The van der Waals surface area contributed by atoms with Crippen molar-refractivity contribution in [3.8, 4) is 0 Å². The number of benzene rings is 1. The molecule has 1 N–H and O–H groups in total. The summed E-state index contributed by atoms with van der Waals surface area (Å²) in [6.45, 7) is 8.16. The van der Waals surface area contributed by atoms with Crippen LogP contribution in [0.2, 0.25) is 0 Å². The van der Waals surface area contributed by atoms with E-state index >= 15 is 0 Å². The molecule has 1 aromatic carbocycles. The van der Waals surface area contributed by atoms with Crippen LogP contribution in [-0.4, -0.2) is 55.1 Å². The standard InChI is InChI=1S/C16H25N3/c1-13-11-19(8-7-18(13)2)12-16-9-14-5-3-4-6-15(14)10-17-16/h3-6,13,16-17H,7-12H2,1-2H3. The summed E-state index contributed by atoms with van der Waals surface area (Å²) in [4.78, 5) is 5.08. The SMILES string of the molecule is CC1CN(CC2Cc3ccccc3CN2)CCN1C. The van der Waals surface area contributed by atoms with Crippen molar-refractivity contribution in [1.82, 2.24) is 15.1 Å². The number of fused-ring (bicyclic) bond motifs is 1. The largest absolute Gasteiger partial charge is 0.308 e. The molecule has 2 aliphatic heterocycles. The fourth-order valence-electron chi connectivity index (χ4n) is 3.25. The average molecular weight is 259 g/mol. The van der Waals surface area contributed by atoms with Crippen molar-refractivity contribution in [2.75, 3.05) is 33.2 Å². The Kier molecular flexibility index (Phi) is 3.87. The third kappa shape index (κ3) is 2.99. The normalized spacial score (nSPS) is 29.2. The lowest BCUT2D eigenvalue weighted by Crippen LogP contribution is -2.54. The summed E-state index contributed by atoms with van der Waals surface area (Å²) in [5.41, 5.74) is 3.01. The molecule has 0 aliphatic carbocycles. The lowest BCUT2D eigenvalue weighted by atomic mass is 9.95. The fourth-order valence-corrected chi connectivity index (χ4v) is 3.25. The molecule has 1 saturated heterocycles. The monoisotopic (exact) mass is 259 g/mol. The van der Waals surface area contributed by atoms with Crippen molar-refractivity contribution in [1.29, 1.82) is 0 Å². The van der Waals surface area contributed by atoms with E-state index in [9.17, 15) is 0 Å². The number of hydrogen-bond acceptors (Lipinski definition) is 3. The van der Waals surface area contributed by atoms with E-state index < -0.39 is 0 Å². The van der Waals surface area contributed by atoms with Crippen molar-refractivity contribution in [2.45, 2.75) is 32.0 Å². The molecule has 0 bridgehead atoms. The van der Waals surface area contributed by atoms with Gasteiger partial charge in [-0.1, -0.05) is 24.3 Å². The molecule has 3 rings (SSSR count). The van der Waals surface area contributed by atoms with Gasteiger partial charge < -0.3 is 10.2 Å². The molecule has 104 valence electrons. The Labute approximate surface area is 116 Å². The molecular weight excluding hydrogens is 234 g/mol. The van der Waals surface area contributed by atoms with E-state index in [1.54, 1.807) is 0 Å². The minimum Gasteiger partial charge on any atom is -0.308 e. The van der Waals surface area contributed by atoms with E-state index in [0.717, 1.165) is 6.54 Å². The summed E-state index contributed by atoms with van der Waals surface area (Å²) < 4.78 is 0. The minimum absolute atomic E-state index is 0.616. The maximum atomic E-state index is 3.69. The summed E-state index contributed by atoms with van der Waals surface area (Å²) >= 11 is 0. The smallest absolute Gasteiger partial charge is 0.0238 e. The summed E-state index contributed by atoms with van der Waals surface area (Å²) in [5, 5.41) is 3.69. The zero-order valence-corrected chi connectivity index (χ0v) is 12.1. The molecule has 19 heavy (non-hydrogen) atoms. The molecule has 0 amide bonds. The number of nitrogens with zero attached hydrogens (tertiary/aromatic N) is 2. The first kappa shape index (κ1) is 13.1. The Balaban J connectivity index is 1.57. The Hall–Kier alpha value is -0.900. The van der Waals surface area contributed by atoms with Crippen LogP contribution in [0, 0.1) is 0 Å². The van der Waals surface area contributed by atoms with Gasteiger partial charge in [0.2, 0.25) is 0 Å². The topological polar surface area (TPSA) is 18.5 Å². The van der Waals surface area contributed by atoms with Crippen LogP contribution in [0.4, 0.5) is 0 Å². The Morgan fingerprint density at radius 1 is 1.21 bits per heavy atom. The molecule has 0 aromatic heterocycles. The zero-order chi connectivity index (χ0) is 13.2. The summed E-state index contributed by atoms with van der Waals surface area (Å²) in [5.74, 6) is 0. The van der Waals surface area contributed by atoms with Gasteiger partial charge in [0, 0.05) is 44.8 Å². The van der Waals surface area contributed by atoms with Gasteiger partial charge in [0.15, 0.2) is 0 Å². The second kappa shape index (κ2) is 5.61. The van der Waals surface area contributed by atoms with Gasteiger partial charge in [0.05, 0.1) is 0 Å². The van der Waals surface area contributed by atoms with Crippen LogP contribution in [0.15, 0.2) is 24.3 Å². The summed E-state index contributed by atoms with van der Waals surface area (Å²) in [6.07, 6.45) is 1.18. The lowest BCUT2D eigenvalue weighted by Gasteiger charge is -2.40. The van der Waals surface area contributed by atoms with E-state index in [0.29, 0.717) is 12.1 Å². The highest BCUT2D eigenvalue weighted by atomic mass is 15.3. The molecule has 0 spiro atoms. The maximum Gasteiger partial charge on any atom is 0.0238 e. The van der Waals surface area contributed by atoms with Crippen LogP contribution < -0.4 is 5.32 Å². The van der Waals surface area contributed by atoms with E-state index in [2.05, 4.69) is 53.4 Å². The van der Waals surface area contributed by atoms with Crippen molar-refractivity contribution >= 4 is 0 Å². The third-order valence-corrected chi connectivity index (χ3v) is 4.69. The summed E-state index contributed by atoms with van der Waals surface area (Å²) in [7, 11) is 2.23. The maximum absolute atomic E-state index is 3.69. The van der Waals surface area contributed by atoms with E-state index in [4.69, 9.17) is 0 Å². The van der Waals surface area contributed by atoms with Gasteiger partial charge in [-0.3, -0.25) is 4.90 Å². The highest BCUT2D eigenvalue weighted by Gasteiger charge is 2.24. The second-order valence-electron chi connectivity index (χ2n) is 6.14. The molecule has 3 heteroatoms. The van der Waals surface area contributed by atoms with Gasteiger partial charge in [-0.25, -0.2) is 0 Å².